The molecular formula is C14H13Cl2NO2S. The van der Waals surface area contributed by atoms with Crippen LogP contribution in [-0.2, 0) is 11.2 Å². The van der Waals surface area contributed by atoms with Gasteiger partial charge in [-0.2, -0.15) is 0 Å². The lowest BCUT2D eigenvalue weighted by atomic mass is 10.1. The van der Waals surface area contributed by atoms with E-state index in [0.717, 1.165) is 10.6 Å². The van der Waals surface area contributed by atoms with Crippen LogP contribution in [0.2, 0.25) is 10.0 Å². The number of esters is 1. The molecule has 0 fully saturated rings. The molecule has 1 aromatic carbocycles. The van der Waals surface area contributed by atoms with Gasteiger partial charge in [0.1, 0.15) is 4.88 Å². The maximum atomic E-state index is 11.7. The number of ether oxygens (including phenoxy) is 1. The average molecular weight is 330 g/mol. The third-order valence-electron chi connectivity index (χ3n) is 2.66. The highest BCUT2D eigenvalue weighted by Crippen LogP contribution is 2.26. The molecule has 0 amide bonds. The van der Waals surface area contributed by atoms with Gasteiger partial charge in [-0.05, 0) is 31.5 Å². The van der Waals surface area contributed by atoms with Crippen molar-refractivity contribution < 1.29 is 9.53 Å². The lowest BCUT2D eigenvalue weighted by molar-refractivity contribution is 0.0531. The van der Waals surface area contributed by atoms with E-state index in [1.807, 2.05) is 6.07 Å². The first-order valence-corrected chi connectivity index (χ1v) is 7.66. The summed E-state index contributed by atoms with van der Waals surface area (Å²) >= 11 is 13.3. The van der Waals surface area contributed by atoms with Gasteiger partial charge in [-0.25, -0.2) is 9.78 Å². The predicted molar refractivity (Wildman–Crippen MR) is 82.1 cm³/mol. The topological polar surface area (TPSA) is 39.2 Å². The van der Waals surface area contributed by atoms with Gasteiger partial charge >= 0.3 is 5.97 Å². The van der Waals surface area contributed by atoms with Gasteiger partial charge in [-0.1, -0.05) is 29.3 Å². The summed E-state index contributed by atoms with van der Waals surface area (Å²) in [5, 5.41) is 2.03. The molecule has 6 heteroatoms. The molecule has 0 saturated heterocycles. The minimum atomic E-state index is -0.323. The van der Waals surface area contributed by atoms with Crippen LogP contribution < -0.4 is 0 Å². The van der Waals surface area contributed by atoms with Crippen molar-refractivity contribution in [3.63, 3.8) is 0 Å². The molecule has 1 aromatic heterocycles. The van der Waals surface area contributed by atoms with Gasteiger partial charge in [0.25, 0.3) is 0 Å². The number of benzene rings is 1. The number of hydrogen-bond donors (Lipinski definition) is 0. The summed E-state index contributed by atoms with van der Waals surface area (Å²) in [5.41, 5.74) is 1.62. The number of aromatic nitrogens is 1. The molecule has 0 spiro atoms. The highest BCUT2D eigenvalue weighted by molar-refractivity contribution is 7.13. The van der Waals surface area contributed by atoms with Gasteiger partial charge in [0.15, 0.2) is 0 Å². The third kappa shape index (κ3) is 3.51. The highest BCUT2D eigenvalue weighted by Gasteiger charge is 2.17. The van der Waals surface area contributed by atoms with Crippen molar-refractivity contribution in [1.29, 1.82) is 0 Å². The minimum Gasteiger partial charge on any atom is -0.462 e. The largest absolute Gasteiger partial charge is 0.462 e. The van der Waals surface area contributed by atoms with E-state index in [1.165, 1.54) is 11.3 Å². The van der Waals surface area contributed by atoms with Gasteiger partial charge < -0.3 is 4.74 Å². The van der Waals surface area contributed by atoms with Crippen LogP contribution in [0, 0.1) is 6.92 Å². The van der Waals surface area contributed by atoms with E-state index in [0.29, 0.717) is 33.6 Å². The summed E-state index contributed by atoms with van der Waals surface area (Å²) in [5.74, 6) is -0.323. The molecule has 1 heterocycles. The molecule has 106 valence electrons. The summed E-state index contributed by atoms with van der Waals surface area (Å²) < 4.78 is 5.00. The summed E-state index contributed by atoms with van der Waals surface area (Å²) in [6.45, 7) is 3.94. The SMILES string of the molecule is CCOC(=O)c1sc(Cc2ccc(Cl)cc2Cl)nc1C. The molecule has 2 aromatic rings. The number of rotatable bonds is 4. The third-order valence-corrected chi connectivity index (χ3v) is 4.38. The minimum absolute atomic E-state index is 0.323. The molecule has 0 N–H and O–H groups in total. The van der Waals surface area contributed by atoms with Crippen LogP contribution in [0.4, 0.5) is 0 Å². The van der Waals surface area contributed by atoms with E-state index in [9.17, 15) is 4.79 Å². The molecule has 0 aliphatic carbocycles. The van der Waals surface area contributed by atoms with Crippen molar-refractivity contribution in [2.45, 2.75) is 20.3 Å². The molecule has 0 saturated carbocycles. The Hall–Kier alpha value is -1.10. The second-order valence-electron chi connectivity index (χ2n) is 4.16. The molecule has 0 atom stereocenters. The molecule has 0 bridgehead atoms. The second-order valence-corrected chi connectivity index (χ2v) is 6.08. The van der Waals surface area contributed by atoms with Crippen molar-refractivity contribution in [2.75, 3.05) is 6.61 Å². The maximum Gasteiger partial charge on any atom is 0.350 e. The molecule has 0 aliphatic rings. The van der Waals surface area contributed by atoms with Crippen molar-refractivity contribution in [3.05, 3.63) is 49.4 Å². The lowest BCUT2D eigenvalue weighted by Crippen LogP contribution is -2.03. The Labute approximate surface area is 131 Å². The van der Waals surface area contributed by atoms with Crippen LogP contribution in [0.25, 0.3) is 0 Å². The number of thiazole rings is 1. The van der Waals surface area contributed by atoms with Crippen LogP contribution in [0.5, 0.6) is 0 Å². The van der Waals surface area contributed by atoms with Gasteiger partial charge in [0.2, 0.25) is 0 Å². The van der Waals surface area contributed by atoms with Crippen molar-refractivity contribution in [1.82, 2.24) is 4.98 Å². The van der Waals surface area contributed by atoms with Crippen molar-refractivity contribution in [2.24, 2.45) is 0 Å². The lowest BCUT2D eigenvalue weighted by Gasteiger charge is -2.02. The number of halogens is 2. The van der Waals surface area contributed by atoms with Crippen LogP contribution in [0.15, 0.2) is 18.2 Å². The predicted octanol–water partition coefficient (Wildman–Crippen LogP) is 4.53. The zero-order valence-electron chi connectivity index (χ0n) is 11.1. The summed E-state index contributed by atoms with van der Waals surface area (Å²) in [7, 11) is 0. The fraction of sp³-hybridized carbons (Fsp3) is 0.286. The maximum absolute atomic E-state index is 11.7. The van der Waals surface area contributed by atoms with Crippen LogP contribution in [-0.4, -0.2) is 17.6 Å². The van der Waals surface area contributed by atoms with E-state index in [-0.39, 0.29) is 5.97 Å². The zero-order valence-corrected chi connectivity index (χ0v) is 13.4. The highest BCUT2D eigenvalue weighted by atomic mass is 35.5. The van der Waals surface area contributed by atoms with E-state index >= 15 is 0 Å². The molecule has 3 nitrogen and oxygen atoms in total. The molecule has 20 heavy (non-hydrogen) atoms. The van der Waals surface area contributed by atoms with Crippen LogP contribution in [0.1, 0.15) is 32.9 Å². The monoisotopic (exact) mass is 329 g/mol. The number of nitrogens with zero attached hydrogens (tertiary/aromatic N) is 1. The van der Waals surface area contributed by atoms with Gasteiger partial charge in [0, 0.05) is 16.5 Å². The second kappa shape index (κ2) is 6.57. The summed E-state index contributed by atoms with van der Waals surface area (Å²) in [6, 6.07) is 5.35. The van der Waals surface area contributed by atoms with Crippen LogP contribution in [0.3, 0.4) is 0 Å². The van der Waals surface area contributed by atoms with Gasteiger partial charge in [0.05, 0.1) is 17.3 Å². The Morgan fingerprint density at radius 2 is 2.15 bits per heavy atom. The standard InChI is InChI=1S/C14H13Cl2NO2S/c1-3-19-14(18)13-8(2)17-12(20-13)6-9-4-5-10(15)7-11(9)16/h4-5,7H,3,6H2,1-2H3. The number of aryl methyl sites for hydroxylation is 1. The Balaban J connectivity index is 2.22. The Morgan fingerprint density at radius 3 is 2.80 bits per heavy atom. The molecule has 0 radical (unpaired) electrons. The fourth-order valence-electron chi connectivity index (χ4n) is 1.74. The van der Waals surface area contributed by atoms with Crippen molar-refractivity contribution in [3.8, 4) is 0 Å². The smallest absolute Gasteiger partial charge is 0.350 e. The molecular weight excluding hydrogens is 317 g/mol. The van der Waals surface area contributed by atoms with E-state index in [4.69, 9.17) is 27.9 Å². The van der Waals surface area contributed by atoms with E-state index < -0.39 is 0 Å². The van der Waals surface area contributed by atoms with Crippen LogP contribution >= 0.6 is 34.5 Å². The average Bonchev–Trinajstić information content (AvgIpc) is 2.74. The number of carbonyl (C=O) groups excluding carboxylic acids is 1. The quantitative estimate of drug-likeness (QED) is 0.774. The molecule has 2 rings (SSSR count). The summed E-state index contributed by atoms with van der Waals surface area (Å²) in [6.07, 6.45) is 0.570. The van der Waals surface area contributed by atoms with E-state index in [2.05, 4.69) is 4.98 Å². The Morgan fingerprint density at radius 1 is 1.40 bits per heavy atom. The Kier molecular flexibility index (Phi) is 5.02. The first-order chi connectivity index (χ1) is 9.51. The fourth-order valence-corrected chi connectivity index (χ4v) is 3.20. The summed E-state index contributed by atoms with van der Waals surface area (Å²) in [4.78, 5) is 16.7. The molecule has 0 aliphatic heterocycles. The zero-order chi connectivity index (χ0) is 14.7. The van der Waals surface area contributed by atoms with E-state index in [1.54, 1.807) is 26.0 Å². The molecule has 0 unspecified atom stereocenters. The van der Waals surface area contributed by atoms with Crippen molar-refractivity contribution >= 4 is 40.5 Å². The first kappa shape index (κ1) is 15.3. The van der Waals surface area contributed by atoms with Gasteiger partial charge in [-0.15, -0.1) is 11.3 Å². The Bertz CT molecular complexity index is 640. The van der Waals surface area contributed by atoms with Gasteiger partial charge in [-0.3, -0.25) is 0 Å². The number of hydrogen-bond acceptors (Lipinski definition) is 4. The normalized spacial score (nSPS) is 10.6. The first-order valence-electron chi connectivity index (χ1n) is 6.08. The number of carbonyl (C=O) groups is 1.